The van der Waals surface area contributed by atoms with Crippen molar-refractivity contribution < 1.29 is 19.4 Å². The number of aromatic nitrogens is 2. The van der Waals surface area contributed by atoms with Gasteiger partial charge in [0.15, 0.2) is 10.9 Å². The molecular weight excluding hydrogens is 402 g/mol. The van der Waals surface area contributed by atoms with E-state index < -0.39 is 5.97 Å². The summed E-state index contributed by atoms with van der Waals surface area (Å²) in [5.41, 5.74) is 2.61. The lowest BCUT2D eigenvalue weighted by Gasteiger charge is -2.17. The van der Waals surface area contributed by atoms with Crippen molar-refractivity contribution in [2.75, 3.05) is 19.5 Å². The van der Waals surface area contributed by atoms with Gasteiger partial charge in [0, 0.05) is 11.3 Å². The number of ether oxygens (including phenoxy) is 2. The van der Waals surface area contributed by atoms with E-state index in [0.717, 1.165) is 27.6 Å². The average molecular weight is 426 g/mol. The predicted molar refractivity (Wildman–Crippen MR) is 118 cm³/mol. The number of carboxylic acid groups (broad SMARTS) is 1. The van der Waals surface area contributed by atoms with Crippen molar-refractivity contribution in [2.45, 2.75) is 19.8 Å². The summed E-state index contributed by atoms with van der Waals surface area (Å²) in [4.78, 5) is 21.7. The number of benzene rings is 1. The number of nitrogens with zero attached hydrogens (tertiary/aromatic N) is 2. The Kier molecular flexibility index (Phi) is 6.68. The first kappa shape index (κ1) is 21.3. The highest BCUT2D eigenvalue weighted by Crippen LogP contribution is 2.35. The quantitative estimate of drug-likeness (QED) is 0.468. The topological polar surface area (TPSA) is 93.6 Å². The molecule has 0 unspecified atom stereocenters. The molecule has 0 spiro atoms. The summed E-state index contributed by atoms with van der Waals surface area (Å²) in [5.74, 6) is 0.619. The van der Waals surface area contributed by atoms with Crippen molar-refractivity contribution in [3.05, 3.63) is 59.8 Å². The molecule has 30 heavy (non-hydrogen) atoms. The van der Waals surface area contributed by atoms with Crippen molar-refractivity contribution >= 4 is 28.8 Å². The second-order valence-electron chi connectivity index (χ2n) is 6.34. The normalized spacial score (nSPS) is 10.5. The van der Waals surface area contributed by atoms with Crippen LogP contribution in [0.15, 0.2) is 43.0 Å². The van der Waals surface area contributed by atoms with Gasteiger partial charge in [0.2, 0.25) is 0 Å². The number of anilines is 2. The maximum Gasteiger partial charge on any atom is 0.335 e. The van der Waals surface area contributed by atoms with E-state index in [1.54, 1.807) is 13.2 Å². The summed E-state index contributed by atoms with van der Waals surface area (Å²) in [6, 6.07) is 8.48. The van der Waals surface area contributed by atoms with Crippen LogP contribution >= 0.6 is 11.3 Å². The van der Waals surface area contributed by atoms with Gasteiger partial charge in [-0.3, -0.25) is 0 Å². The van der Waals surface area contributed by atoms with Crippen LogP contribution in [0, 0.1) is 0 Å². The minimum Gasteiger partial charge on any atom is -0.495 e. The molecular formula is C22H23N3O4S. The fraction of sp³-hybridized carbons (Fsp3) is 0.227. The number of hydrogen-bond donors (Lipinski definition) is 2. The molecule has 2 aromatic heterocycles. The number of aromatic carboxylic acids is 1. The SMILES string of the molecule is C=CCc1c(CC)nc(-c2ccc(OC)s2)nc1Nc1ccc(C(=O)O)cc1OC. The second kappa shape index (κ2) is 9.41. The third kappa shape index (κ3) is 4.44. The maximum atomic E-state index is 11.3. The highest BCUT2D eigenvalue weighted by atomic mass is 32.1. The molecule has 1 aromatic carbocycles. The van der Waals surface area contributed by atoms with Gasteiger partial charge in [0.1, 0.15) is 11.6 Å². The van der Waals surface area contributed by atoms with E-state index in [1.165, 1.54) is 30.6 Å². The zero-order valence-electron chi connectivity index (χ0n) is 17.1. The molecule has 0 atom stereocenters. The van der Waals surface area contributed by atoms with Gasteiger partial charge in [0.25, 0.3) is 0 Å². The van der Waals surface area contributed by atoms with E-state index in [0.29, 0.717) is 29.5 Å². The van der Waals surface area contributed by atoms with Crippen molar-refractivity contribution in [1.29, 1.82) is 0 Å². The van der Waals surface area contributed by atoms with E-state index in [1.807, 2.05) is 25.1 Å². The zero-order valence-corrected chi connectivity index (χ0v) is 17.9. The number of nitrogens with one attached hydrogen (secondary N) is 1. The first-order valence-corrected chi connectivity index (χ1v) is 10.2. The Morgan fingerprint density at radius 2 is 2.03 bits per heavy atom. The Morgan fingerprint density at radius 3 is 2.63 bits per heavy atom. The van der Waals surface area contributed by atoms with Crippen LogP contribution in [0.5, 0.6) is 10.8 Å². The molecule has 0 saturated carbocycles. The molecule has 0 fully saturated rings. The van der Waals surface area contributed by atoms with E-state index in [9.17, 15) is 9.90 Å². The number of methoxy groups -OCH3 is 2. The van der Waals surface area contributed by atoms with Crippen LogP contribution in [-0.2, 0) is 12.8 Å². The molecule has 0 bridgehead atoms. The molecule has 0 saturated heterocycles. The largest absolute Gasteiger partial charge is 0.495 e. The summed E-state index contributed by atoms with van der Waals surface area (Å²) >= 11 is 1.47. The number of thiophene rings is 1. The molecule has 2 N–H and O–H groups in total. The molecule has 3 rings (SSSR count). The second-order valence-corrected chi connectivity index (χ2v) is 7.38. The van der Waals surface area contributed by atoms with Gasteiger partial charge in [-0.2, -0.15) is 0 Å². The van der Waals surface area contributed by atoms with Crippen molar-refractivity contribution in [2.24, 2.45) is 0 Å². The van der Waals surface area contributed by atoms with Crippen molar-refractivity contribution in [3.8, 4) is 21.5 Å². The van der Waals surface area contributed by atoms with E-state index in [-0.39, 0.29) is 5.56 Å². The Hall–Kier alpha value is -3.39. The van der Waals surface area contributed by atoms with Gasteiger partial charge in [-0.1, -0.05) is 24.3 Å². The van der Waals surface area contributed by atoms with Crippen molar-refractivity contribution in [1.82, 2.24) is 9.97 Å². The third-order valence-corrected chi connectivity index (χ3v) is 5.52. The molecule has 2 heterocycles. The maximum absolute atomic E-state index is 11.3. The lowest BCUT2D eigenvalue weighted by molar-refractivity contribution is 0.0696. The summed E-state index contributed by atoms with van der Waals surface area (Å²) in [7, 11) is 3.12. The molecule has 8 heteroatoms. The molecule has 0 aliphatic carbocycles. The monoisotopic (exact) mass is 425 g/mol. The molecule has 0 radical (unpaired) electrons. The molecule has 0 amide bonds. The zero-order chi connectivity index (χ0) is 21.7. The number of carboxylic acids is 1. The molecule has 7 nitrogen and oxygen atoms in total. The van der Waals surface area contributed by atoms with Crippen LogP contribution in [0.3, 0.4) is 0 Å². The summed E-state index contributed by atoms with van der Waals surface area (Å²) < 4.78 is 10.7. The van der Waals surface area contributed by atoms with E-state index in [2.05, 4.69) is 11.9 Å². The average Bonchev–Trinajstić information content (AvgIpc) is 3.24. The van der Waals surface area contributed by atoms with Gasteiger partial charge in [-0.05, 0) is 43.2 Å². The van der Waals surface area contributed by atoms with Crippen LogP contribution in [0.1, 0.15) is 28.5 Å². The van der Waals surface area contributed by atoms with Gasteiger partial charge in [-0.15, -0.1) is 6.58 Å². The molecule has 3 aromatic rings. The summed E-state index contributed by atoms with van der Waals surface area (Å²) in [6.07, 6.45) is 3.13. The van der Waals surface area contributed by atoms with Gasteiger partial charge in [-0.25, -0.2) is 14.8 Å². The Balaban J connectivity index is 2.11. The number of aryl methyl sites for hydroxylation is 1. The lowest BCUT2D eigenvalue weighted by atomic mass is 10.1. The first-order chi connectivity index (χ1) is 14.5. The molecule has 0 aliphatic rings. The molecule has 156 valence electrons. The standard InChI is InChI=1S/C22H23N3O4S/c1-5-7-14-15(6-2)23-21(18-10-11-19(29-4)30-18)25-20(14)24-16-9-8-13(22(26)27)12-17(16)28-3/h5,8-12H,1,6-7H2,2-4H3,(H,26,27)(H,23,24,25). The predicted octanol–water partition coefficient (Wildman–Crippen LogP) is 4.96. The number of allylic oxidation sites excluding steroid dienone is 1. The summed E-state index contributed by atoms with van der Waals surface area (Å²) in [5, 5.41) is 13.3. The number of rotatable bonds is 9. The van der Waals surface area contributed by atoms with Gasteiger partial charge in [0.05, 0.1) is 30.3 Å². The van der Waals surface area contributed by atoms with Crippen LogP contribution < -0.4 is 14.8 Å². The minimum atomic E-state index is -1.02. The highest BCUT2D eigenvalue weighted by Gasteiger charge is 2.17. The van der Waals surface area contributed by atoms with Crippen LogP contribution in [0.4, 0.5) is 11.5 Å². The Morgan fingerprint density at radius 1 is 1.23 bits per heavy atom. The van der Waals surface area contributed by atoms with E-state index in [4.69, 9.17) is 19.4 Å². The van der Waals surface area contributed by atoms with Crippen molar-refractivity contribution in [3.63, 3.8) is 0 Å². The van der Waals surface area contributed by atoms with Crippen LogP contribution in [0.2, 0.25) is 0 Å². The van der Waals surface area contributed by atoms with Gasteiger partial charge >= 0.3 is 5.97 Å². The first-order valence-electron chi connectivity index (χ1n) is 9.33. The molecule has 0 aliphatic heterocycles. The number of hydrogen-bond acceptors (Lipinski definition) is 7. The van der Waals surface area contributed by atoms with Crippen LogP contribution in [0.25, 0.3) is 10.7 Å². The van der Waals surface area contributed by atoms with E-state index >= 15 is 0 Å². The minimum absolute atomic E-state index is 0.145. The Labute approximate surface area is 179 Å². The number of carbonyl (C=O) groups is 1. The highest BCUT2D eigenvalue weighted by molar-refractivity contribution is 7.17. The fourth-order valence-electron chi connectivity index (χ4n) is 3.00. The smallest absolute Gasteiger partial charge is 0.335 e. The van der Waals surface area contributed by atoms with Gasteiger partial charge < -0.3 is 19.9 Å². The summed E-state index contributed by atoms with van der Waals surface area (Å²) in [6.45, 7) is 5.89. The third-order valence-electron chi connectivity index (χ3n) is 4.48. The fourth-order valence-corrected chi connectivity index (χ4v) is 3.76. The Bertz CT molecular complexity index is 1080. The van der Waals surface area contributed by atoms with Crippen LogP contribution in [-0.4, -0.2) is 35.3 Å². The lowest BCUT2D eigenvalue weighted by Crippen LogP contribution is -2.08.